The van der Waals surface area contributed by atoms with Crippen molar-refractivity contribution in [2.45, 2.75) is 32.8 Å². The number of hydrogen-bond donors (Lipinski definition) is 0. The Morgan fingerprint density at radius 2 is 2.38 bits per heavy atom. The van der Waals surface area contributed by atoms with Crippen LogP contribution >= 0.6 is 11.6 Å². The minimum atomic E-state index is 0.199. The van der Waals surface area contributed by atoms with Gasteiger partial charge in [0, 0.05) is 6.07 Å². The van der Waals surface area contributed by atoms with E-state index in [2.05, 4.69) is 17.1 Å². The zero-order valence-electron chi connectivity index (χ0n) is 7.83. The minimum Gasteiger partial charge on any atom is -0.489 e. The van der Waals surface area contributed by atoms with Crippen LogP contribution in [0.4, 0.5) is 0 Å². The molecule has 1 aromatic rings. The van der Waals surface area contributed by atoms with Gasteiger partial charge in [0.25, 0.3) is 0 Å². The van der Waals surface area contributed by atoms with E-state index in [1.807, 2.05) is 6.92 Å². The molecule has 0 saturated heterocycles. The number of ether oxygens (including phenoxy) is 1. The van der Waals surface area contributed by atoms with Crippen molar-refractivity contribution in [1.82, 2.24) is 10.2 Å². The van der Waals surface area contributed by atoms with Gasteiger partial charge in [-0.1, -0.05) is 24.9 Å². The largest absolute Gasteiger partial charge is 0.489 e. The molecule has 13 heavy (non-hydrogen) atoms. The molecule has 0 aliphatic carbocycles. The van der Waals surface area contributed by atoms with Gasteiger partial charge in [0.05, 0.1) is 12.3 Å². The van der Waals surface area contributed by atoms with Crippen LogP contribution in [0.5, 0.6) is 5.75 Å². The molecule has 4 heteroatoms. The molecule has 0 saturated carbocycles. The van der Waals surface area contributed by atoms with Gasteiger partial charge in [0.2, 0.25) is 0 Å². The predicted octanol–water partition coefficient (Wildman–Crippen LogP) is 2.70. The van der Waals surface area contributed by atoms with Gasteiger partial charge in [-0.3, -0.25) is 0 Å². The van der Waals surface area contributed by atoms with Gasteiger partial charge in [-0.25, -0.2) is 0 Å². The molecule has 0 N–H and O–H groups in total. The maximum Gasteiger partial charge on any atom is 0.155 e. The summed E-state index contributed by atoms with van der Waals surface area (Å²) in [6.45, 7) is 4.15. The molecule has 72 valence electrons. The van der Waals surface area contributed by atoms with E-state index in [1.54, 1.807) is 12.3 Å². The van der Waals surface area contributed by atoms with Gasteiger partial charge in [-0.2, -0.15) is 5.10 Å². The average molecular weight is 201 g/mol. The lowest BCUT2D eigenvalue weighted by atomic mass is 10.2. The summed E-state index contributed by atoms with van der Waals surface area (Å²) in [5, 5.41) is 7.68. The van der Waals surface area contributed by atoms with Gasteiger partial charge in [0.15, 0.2) is 5.15 Å². The number of halogens is 1. The van der Waals surface area contributed by atoms with Crippen LogP contribution in [0.2, 0.25) is 5.15 Å². The molecular weight excluding hydrogens is 188 g/mol. The number of aromatic nitrogens is 2. The molecule has 0 unspecified atom stereocenters. The Balaban J connectivity index is 2.53. The van der Waals surface area contributed by atoms with Crippen molar-refractivity contribution in [2.75, 3.05) is 0 Å². The van der Waals surface area contributed by atoms with Crippen LogP contribution in [0.15, 0.2) is 12.3 Å². The van der Waals surface area contributed by atoms with Gasteiger partial charge < -0.3 is 4.74 Å². The molecule has 1 aromatic heterocycles. The van der Waals surface area contributed by atoms with E-state index in [1.165, 1.54) is 0 Å². The molecule has 1 heterocycles. The quantitative estimate of drug-likeness (QED) is 0.750. The van der Waals surface area contributed by atoms with Crippen LogP contribution in [-0.2, 0) is 0 Å². The predicted molar refractivity (Wildman–Crippen MR) is 52.0 cm³/mol. The monoisotopic (exact) mass is 200 g/mol. The molecule has 0 aliphatic rings. The summed E-state index contributed by atoms with van der Waals surface area (Å²) in [6.07, 6.45) is 3.90. The maximum absolute atomic E-state index is 5.65. The van der Waals surface area contributed by atoms with Crippen molar-refractivity contribution in [3.8, 4) is 5.75 Å². The van der Waals surface area contributed by atoms with E-state index in [4.69, 9.17) is 16.3 Å². The highest BCUT2D eigenvalue weighted by atomic mass is 35.5. The molecule has 1 atom stereocenters. The van der Waals surface area contributed by atoms with E-state index < -0.39 is 0 Å². The second-order valence-electron chi connectivity index (χ2n) is 2.93. The lowest BCUT2D eigenvalue weighted by Gasteiger charge is -2.12. The van der Waals surface area contributed by atoms with Crippen molar-refractivity contribution < 1.29 is 4.74 Å². The van der Waals surface area contributed by atoms with Crippen LogP contribution in [0.25, 0.3) is 0 Å². The first-order chi connectivity index (χ1) is 6.22. The minimum absolute atomic E-state index is 0.199. The Bertz CT molecular complexity index is 268. The van der Waals surface area contributed by atoms with E-state index in [9.17, 15) is 0 Å². The zero-order chi connectivity index (χ0) is 9.68. The highest BCUT2D eigenvalue weighted by molar-refractivity contribution is 6.29. The fraction of sp³-hybridized carbons (Fsp3) is 0.556. The lowest BCUT2D eigenvalue weighted by molar-refractivity contribution is 0.209. The summed E-state index contributed by atoms with van der Waals surface area (Å²) in [7, 11) is 0. The topological polar surface area (TPSA) is 35.0 Å². The van der Waals surface area contributed by atoms with Gasteiger partial charge in [-0.15, -0.1) is 5.10 Å². The molecule has 0 radical (unpaired) electrons. The standard InChI is InChI=1S/C9H13ClN2O/c1-3-4-7(2)13-8-5-9(10)12-11-6-8/h5-7H,3-4H2,1-2H3/t7-/m1/s1. The summed E-state index contributed by atoms with van der Waals surface area (Å²) < 4.78 is 5.55. The summed E-state index contributed by atoms with van der Waals surface area (Å²) in [5.41, 5.74) is 0. The Morgan fingerprint density at radius 3 is 3.00 bits per heavy atom. The van der Waals surface area contributed by atoms with Gasteiger partial charge >= 0.3 is 0 Å². The number of nitrogens with zero attached hydrogens (tertiary/aromatic N) is 2. The Kier molecular flexibility index (Phi) is 3.96. The first-order valence-corrected chi connectivity index (χ1v) is 4.75. The van der Waals surface area contributed by atoms with E-state index in [0.717, 1.165) is 12.8 Å². The molecule has 3 nitrogen and oxygen atoms in total. The smallest absolute Gasteiger partial charge is 0.155 e. The molecule has 0 bridgehead atoms. The van der Waals surface area contributed by atoms with E-state index >= 15 is 0 Å². The van der Waals surface area contributed by atoms with Crippen molar-refractivity contribution in [1.29, 1.82) is 0 Å². The van der Waals surface area contributed by atoms with Crippen LogP contribution in [0.3, 0.4) is 0 Å². The lowest BCUT2D eigenvalue weighted by Crippen LogP contribution is -2.11. The second-order valence-corrected chi connectivity index (χ2v) is 3.32. The average Bonchev–Trinajstić information content (AvgIpc) is 2.04. The summed E-state index contributed by atoms with van der Waals surface area (Å²) in [4.78, 5) is 0. The normalized spacial score (nSPS) is 12.5. The second kappa shape index (κ2) is 5.02. The summed E-state index contributed by atoms with van der Waals surface area (Å²) in [6, 6.07) is 1.67. The van der Waals surface area contributed by atoms with Crippen molar-refractivity contribution in [3.63, 3.8) is 0 Å². The van der Waals surface area contributed by atoms with Crippen molar-refractivity contribution >= 4 is 11.6 Å². The highest BCUT2D eigenvalue weighted by Crippen LogP contribution is 2.15. The first-order valence-electron chi connectivity index (χ1n) is 4.37. The van der Waals surface area contributed by atoms with Crippen molar-refractivity contribution in [2.24, 2.45) is 0 Å². The third kappa shape index (κ3) is 3.59. The highest BCUT2D eigenvalue weighted by Gasteiger charge is 2.03. The number of rotatable bonds is 4. The van der Waals surface area contributed by atoms with Crippen LogP contribution in [-0.4, -0.2) is 16.3 Å². The Labute approximate surface area is 83.1 Å². The van der Waals surface area contributed by atoms with Gasteiger partial charge in [0.1, 0.15) is 5.75 Å². The maximum atomic E-state index is 5.65. The fourth-order valence-electron chi connectivity index (χ4n) is 1.09. The van der Waals surface area contributed by atoms with E-state index in [-0.39, 0.29) is 6.10 Å². The molecule has 0 aromatic carbocycles. The van der Waals surface area contributed by atoms with Crippen LogP contribution < -0.4 is 4.74 Å². The Morgan fingerprint density at radius 1 is 1.62 bits per heavy atom. The van der Waals surface area contributed by atoms with Crippen LogP contribution in [0, 0.1) is 0 Å². The third-order valence-electron chi connectivity index (χ3n) is 1.63. The zero-order valence-corrected chi connectivity index (χ0v) is 8.58. The molecule has 1 rings (SSSR count). The summed E-state index contributed by atoms with van der Waals surface area (Å²) in [5.74, 6) is 0.681. The molecule has 0 fully saturated rings. The van der Waals surface area contributed by atoms with Crippen LogP contribution in [0.1, 0.15) is 26.7 Å². The molecule has 0 amide bonds. The molecule has 0 aliphatic heterocycles. The first kappa shape index (κ1) is 10.3. The summed E-state index contributed by atoms with van der Waals surface area (Å²) >= 11 is 5.65. The third-order valence-corrected chi connectivity index (χ3v) is 1.82. The van der Waals surface area contributed by atoms with E-state index in [0.29, 0.717) is 10.9 Å². The number of hydrogen-bond acceptors (Lipinski definition) is 3. The fourth-order valence-corrected chi connectivity index (χ4v) is 1.24. The van der Waals surface area contributed by atoms with Gasteiger partial charge in [-0.05, 0) is 13.3 Å². The van der Waals surface area contributed by atoms with Crippen molar-refractivity contribution in [3.05, 3.63) is 17.4 Å². The Hall–Kier alpha value is -0.830. The SMILES string of the molecule is CCC[C@@H](C)Oc1cnnc(Cl)c1. The molecule has 0 spiro atoms. The molecular formula is C9H13ClN2O.